The highest BCUT2D eigenvalue weighted by molar-refractivity contribution is 7.81. The first-order chi connectivity index (χ1) is 20.4. The Hall–Kier alpha value is -0.170. The second kappa shape index (κ2) is 30.8. The average Bonchev–Trinajstić information content (AvgIpc) is 2.95. The predicted molar refractivity (Wildman–Crippen MR) is 183 cm³/mol. The van der Waals surface area contributed by atoms with Gasteiger partial charge in [0.05, 0.1) is 6.61 Å². The van der Waals surface area contributed by atoms with Gasteiger partial charge in [0, 0.05) is 0 Å². The van der Waals surface area contributed by atoms with Crippen LogP contribution in [-0.4, -0.2) is 20.7 Å². The summed E-state index contributed by atoms with van der Waals surface area (Å²) in [5.74, 6) is 0. The summed E-state index contributed by atoms with van der Waals surface area (Å²) >= 11 is 0. The zero-order valence-electron chi connectivity index (χ0n) is 28.7. The van der Waals surface area contributed by atoms with Crippen LogP contribution in [0.3, 0.4) is 0 Å². The fourth-order valence-corrected chi connectivity index (χ4v) is 6.90. The predicted octanol–water partition coefficient (Wildman–Crippen LogP) is 12.1. The van der Waals surface area contributed by atoms with Gasteiger partial charge in [-0.1, -0.05) is 187 Å². The maximum atomic E-state index is 12.2. The second-order valence-electron chi connectivity index (χ2n) is 13.0. The summed E-state index contributed by atoms with van der Waals surface area (Å²) in [6.45, 7) is 6.27. The summed E-state index contributed by atoms with van der Waals surface area (Å²) in [6, 6.07) is 0. The highest BCUT2D eigenvalue weighted by Crippen LogP contribution is 2.25. The molecule has 0 rings (SSSR count). The van der Waals surface area contributed by atoms with Crippen LogP contribution in [0.5, 0.6) is 0 Å². The van der Waals surface area contributed by atoms with Gasteiger partial charge >= 0.3 is 10.4 Å². The van der Waals surface area contributed by atoms with Crippen molar-refractivity contribution in [3.8, 4) is 0 Å². The van der Waals surface area contributed by atoms with Gasteiger partial charge < -0.3 is 5.73 Å². The third-order valence-corrected chi connectivity index (χ3v) is 9.75. The number of nitrogens with two attached hydrogens (primary N) is 1. The van der Waals surface area contributed by atoms with Crippen LogP contribution in [0.2, 0.25) is 0 Å². The summed E-state index contributed by atoms with van der Waals surface area (Å²) in [5, 5.41) is 0. The minimum Gasteiger partial charge on any atom is -0.302 e. The van der Waals surface area contributed by atoms with E-state index in [9.17, 15) is 8.42 Å². The van der Waals surface area contributed by atoms with Gasteiger partial charge in [0.1, 0.15) is 5.72 Å². The van der Waals surface area contributed by atoms with Gasteiger partial charge in [0.15, 0.2) is 0 Å². The van der Waals surface area contributed by atoms with Gasteiger partial charge in [-0.3, -0.25) is 0 Å². The molecule has 0 saturated heterocycles. The van der Waals surface area contributed by atoms with E-state index in [0.29, 0.717) is 12.8 Å². The summed E-state index contributed by atoms with van der Waals surface area (Å²) in [4.78, 5) is 0. The highest BCUT2D eigenvalue weighted by atomic mass is 32.3. The van der Waals surface area contributed by atoms with Gasteiger partial charge in [-0.2, -0.15) is 8.42 Å². The van der Waals surface area contributed by atoms with Crippen molar-refractivity contribution in [3.63, 3.8) is 0 Å². The Labute approximate surface area is 264 Å². The molecule has 0 heterocycles. The molecule has 1 atom stereocenters. The Morgan fingerprint density at radius 3 is 0.905 bits per heavy atom. The fraction of sp³-hybridized carbons (Fsp3) is 1.00. The first-order valence-electron chi connectivity index (χ1n) is 18.8. The lowest BCUT2D eigenvalue weighted by Crippen LogP contribution is -2.44. The van der Waals surface area contributed by atoms with Gasteiger partial charge in [0.25, 0.3) is 0 Å². The zero-order valence-corrected chi connectivity index (χ0v) is 29.6. The summed E-state index contributed by atoms with van der Waals surface area (Å²) in [6.07, 6.45) is 38.8. The molecule has 6 heteroatoms. The van der Waals surface area contributed by atoms with E-state index in [-0.39, 0.29) is 6.61 Å². The Bertz CT molecular complexity index is 642. The van der Waals surface area contributed by atoms with Crippen molar-refractivity contribution in [1.82, 2.24) is 0 Å². The van der Waals surface area contributed by atoms with E-state index in [4.69, 9.17) is 14.1 Å². The molecule has 42 heavy (non-hydrogen) atoms. The minimum atomic E-state index is -4.05. The van der Waals surface area contributed by atoms with Crippen molar-refractivity contribution in [2.24, 2.45) is 5.73 Å². The smallest absolute Gasteiger partial charge is 0.302 e. The van der Waals surface area contributed by atoms with E-state index in [0.717, 1.165) is 25.7 Å². The van der Waals surface area contributed by atoms with Crippen molar-refractivity contribution in [2.45, 2.75) is 226 Å². The molecular formula is C36H75NO4S. The Morgan fingerprint density at radius 2 is 0.667 bits per heavy atom. The normalized spacial score (nSPS) is 13.5. The quantitative estimate of drug-likeness (QED) is 0.0565. The molecule has 0 bridgehead atoms. The van der Waals surface area contributed by atoms with Crippen LogP contribution >= 0.6 is 0 Å². The van der Waals surface area contributed by atoms with Crippen molar-refractivity contribution in [2.75, 3.05) is 6.61 Å². The van der Waals surface area contributed by atoms with Gasteiger partial charge in [-0.25, -0.2) is 8.37 Å². The first kappa shape index (κ1) is 41.8. The van der Waals surface area contributed by atoms with E-state index >= 15 is 0 Å². The molecule has 0 saturated carbocycles. The van der Waals surface area contributed by atoms with Crippen LogP contribution in [0.15, 0.2) is 0 Å². The van der Waals surface area contributed by atoms with Crippen LogP contribution in [0.25, 0.3) is 0 Å². The van der Waals surface area contributed by atoms with Crippen molar-refractivity contribution in [1.29, 1.82) is 0 Å². The molecule has 0 amide bonds. The molecule has 0 aromatic heterocycles. The molecule has 0 aromatic rings. The molecule has 0 radical (unpaired) electrons. The molecule has 0 spiro atoms. The summed E-state index contributed by atoms with van der Waals surface area (Å²) in [7, 11) is -4.05. The lowest BCUT2D eigenvalue weighted by molar-refractivity contribution is 0.0387. The van der Waals surface area contributed by atoms with E-state index < -0.39 is 16.1 Å². The van der Waals surface area contributed by atoms with E-state index in [1.54, 1.807) is 6.92 Å². The van der Waals surface area contributed by atoms with Crippen LogP contribution in [0.1, 0.15) is 220 Å². The average molecular weight is 618 g/mol. The molecule has 1 unspecified atom stereocenters. The number of rotatable bonds is 35. The number of hydrogen-bond donors (Lipinski definition) is 1. The molecule has 0 aromatic carbocycles. The largest absolute Gasteiger partial charge is 0.401 e. The van der Waals surface area contributed by atoms with Gasteiger partial charge in [-0.15, -0.1) is 0 Å². The fourth-order valence-electron chi connectivity index (χ4n) is 5.99. The second-order valence-corrected chi connectivity index (χ2v) is 14.2. The lowest BCUT2D eigenvalue weighted by atomic mass is 9.97. The Balaban J connectivity index is 3.96. The molecule has 0 aliphatic heterocycles. The summed E-state index contributed by atoms with van der Waals surface area (Å²) in [5.41, 5.74) is 5.38. The topological polar surface area (TPSA) is 78.6 Å². The van der Waals surface area contributed by atoms with Crippen LogP contribution in [0, 0.1) is 0 Å². The lowest BCUT2D eigenvalue weighted by Gasteiger charge is -2.28. The van der Waals surface area contributed by atoms with Crippen molar-refractivity contribution >= 4 is 10.4 Å². The molecule has 5 nitrogen and oxygen atoms in total. The summed E-state index contributed by atoms with van der Waals surface area (Å²) < 4.78 is 34.7. The monoisotopic (exact) mass is 618 g/mol. The van der Waals surface area contributed by atoms with Crippen LogP contribution in [0.4, 0.5) is 0 Å². The standard InChI is InChI=1S/C36H75NO4S/c1-4-7-9-11-13-15-17-19-21-23-25-27-29-31-33-35-36(37,41-42(38,39)40-6-3)34-32-30-28-26-24-22-20-18-16-14-12-10-8-5-2/h4-35,37H2,1-3H3. The molecular weight excluding hydrogens is 542 g/mol. The van der Waals surface area contributed by atoms with Crippen molar-refractivity contribution in [3.05, 3.63) is 0 Å². The Morgan fingerprint density at radius 1 is 0.429 bits per heavy atom. The first-order valence-corrected chi connectivity index (χ1v) is 20.1. The van der Waals surface area contributed by atoms with Crippen LogP contribution < -0.4 is 5.73 Å². The highest BCUT2D eigenvalue weighted by Gasteiger charge is 2.32. The molecule has 0 aliphatic rings. The zero-order chi connectivity index (χ0) is 31.0. The SMILES string of the molecule is CCCCCCCCCCCCCCCCCC(N)(CCCCCCCCCCCCCCCC)OS(=O)(=O)OCC. The van der Waals surface area contributed by atoms with Gasteiger partial charge in [0.2, 0.25) is 0 Å². The van der Waals surface area contributed by atoms with E-state index in [1.807, 2.05) is 0 Å². The number of hydrogen-bond acceptors (Lipinski definition) is 5. The maximum absolute atomic E-state index is 12.2. The third-order valence-electron chi connectivity index (χ3n) is 8.69. The third kappa shape index (κ3) is 29.9. The van der Waals surface area contributed by atoms with Crippen molar-refractivity contribution < 1.29 is 16.8 Å². The maximum Gasteiger partial charge on any atom is 0.401 e. The molecule has 2 N–H and O–H groups in total. The molecule has 0 fully saturated rings. The van der Waals surface area contributed by atoms with Crippen LogP contribution in [-0.2, 0) is 18.8 Å². The van der Waals surface area contributed by atoms with E-state index in [2.05, 4.69) is 13.8 Å². The Kier molecular flexibility index (Phi) is 30.7. The minimum absolute atomic E-state index is 0.0657. The molecule has 254 valence electrons. The number of unbranched alkanes of at least 4 members (excludes halogenated alkanes) is 27. The van der Waals surface area contributed by atoms with Gasteiger partial charge in [-0.05, 0) is 32.6 Å². The molecule has 0 aliphatic carbocycles. The van der Waals surface area contributed by atoms with E-state index in [1.165, 1.54) is 161 Å².